The van der Waals surface area contributed by atoms with Gasteiger partial charge in [-0.15, -0.1) is 0 Å². The van der Waals surface area contributed by atoms with Crippen LogP contribution in [0.3, 0.4) is 0 Å². The number of benzene rings is 4. The van der Waals surface area contributed by atoms with Crippen molar-refractivity contribution < 1.29 is 31.8 Å². The van der Waals surface area contributed by atoms with Gasteiger partial charge in [-0.1, -0.05) is 98.6 Å². The van der Waals surface area contributed by atoms with Crippen LogP contribution < -0.4 is 16.4 Å². The molecule has 3 N–H and O–H groups in total. The molecule has 0 aromatic heterocycles. The summed E-state index contributed by atoms with van der Waals surface area (Å²) >= 11 is 0. The zero-order chi connectivity index (χ0) is 33.1. The summed E-state index contributed by atoms with van der Waals surface area (Å²) < 4.78 is 52.3. The van der Waals surface area contributed by atoms with Gasteiger partial charge >= 0.3 is 6.18 Å². The number of alkyl halides is 3. The van der Waals surface area contributed by atoms with E-state index >= 15 is 0 Å². The summed E-state index contributed by atoms with van der Waals surface area (Å²) in [6.45, 7) is 0.951. The minimum Gasteiger partial charge on any atom is -0.346 e. The minimum absolute atomic E-state index is 0.240. The second-order valence-electron chi connectivity index (χ2n) is 11.8. The molecule has 0 spiro atoms. The second kappa shape index (κ2) is 14.1. The van der Waals surface area contributed by atoms with Crippen LogP contribution in [0.15, 0.2) is 84.9 Å². The fourth-order valence-electron chi connectivity index (χ4n) is 6.46. The standard InChI is InChI=1S/C37H36F3N2O4P/c1-2-3-5-18-28-32-29(25-15-9-10-16-26(25)33(32)36(44)42-22-37(38,39)40)21-30(35(28)47-45-20-19-31(41)46-47)34(43)27-17-11-8-14-24(27)23-12-6-4-7-13-23/h4,6-17,21,31,33H,2-3,5,18-20,22,41H2,1H3,(H,42,44). The highest BCUT2D eigenvalue weighted by Gasteiger charge is 2.42. The van der Waals surface area contributed by atoms with Gasteiger partial charge in [0.25, 0.3) is 0 Å². The van der Waals surface area contributed by atoms with Crippen molar-refractivity contribution in [3.8, 4) is 22.3 Å². The number of carbonyl (C=O) groups excluding carboxylic acids is 2. The first-order valence-corrected chi connectivity index (χ1v) is 17.0. The molecule has 2 aliphatic rings. The number of unbranched alkanes of at least 4 members (excludes halogenated alkanes) is 2. The molecular formula is C37H36F3N2O4P. The molecule has 6 rings (SSSR count). The van der Waals surface area contributed by atoms with Gasteiger partial charge in [0.1, 0.15) is 12.8 Å². The van der Waals surface area contributed by atoms with E-state index in [2.05, 4.69) is 12.2 Å². The molecule has 4 aromatic carbocycles. The Labute approximate surface area is 273 Å². The Morgan fingerprint density at radius 3 is 2.34 bits per heavy atom. The summed E-state index contributed by atoms with van der Waals surface area (Å²) in [6.07, 6.45) is -1.71. The molecule has 244 valence electrons. The lowest BCUT2D eigenvalue weighted by atomic mass is 9.86. The average Bonchev–Trinajstić information content (AvgIpc) is 3.41. The normalized spacial score (nSPS) is 18.8. The first-order valence-electron chi connectivity index (χ1n) is 15.9. The van der Waals surface area contributed by atoms with E-state index in [9.17, 15) is 22.8 Å². The summed E-state index contributed by atoms with van der Waals surface area (Å²) in [7, 11) is -1.86. The lowest BCUT2D eigenvalue weighted by Gasteiger charge is -2.31. The highest BCUT2D eigenvalue weighted by molar-refractivity contribution is 7.56. The maximum Gasteiger partial charge on any atom is 0.405 e. The zero-order valence-corrected chi connectivity index (χ0v) is 26.9. The molecule has 1 saturated heterocycles. The molecule has 6 nitrogen and oxygen atoms in total. The van der Waals surface area contributed by atoms with Gasteiger partial charge < -0.3 is 20.1 Å². The largest absolute Gasteiger partial charge is 0.405 e. The quantitative estimate of drug-likeness (QED) is 0.103. The van der Waals surface area contributed by atoms with Gasteiger partial charge in [0, 0.05) is 22.9 Å². The number of carbonyl (C=O) groups is 2. The molecule has 1 aliphatic heterocycles. The van der Waals surface area contributed by atoms with Crippen molar-refractivity contribution in [3.63, 3.8) is 0 Å². The Morgan fingerprint density at radius 2 is 1.62 bits per heavy atom. The number of fused-ring (bicyclic) bond motifs is 3. The first-order chi connectivity index (χ1) is 22.7. The van der Waals surface area contributed by atoms with Crippen molar-refractivity contribution in [1.29, 1.82) is 0 Å². The highest BCUT2D eigenvalue weighted by atomic mass is 31.2. The van der Waals surface area contributed by atoms with Gasteiger partial charge in [-0.3, -0.25) is 9.59 Å². The van der Waals surface area contributed by atoms with Crippen molar-refractivity contribution in [2.75, 3.05) is 13.2 Å². The molecule has 1 heterocycles. The molecule has 4 aromatic rings. The number of nitrogens with two attached hydrogens (primary N) is 1. The van der Waals surface area contributed by atoms with Crippen molar-refractivity contribution in [1.82, 2.24) is 5.32 Å². The van der Waals surface area contributed by atoms with Gasteiger partial charge in [0.15, 0.2) is 5.78 Å². The lowest BCUT2D eigenvalue weighted by molar-refractivity contribution is -0.138. The third-order valence-corrected chi connectivity index (χ3v) is 10.3. The van der Waals surface area contributed by atoms with Gasteiger partial charge in [-0.05, 0) is 57.9 Å². The third-order valence-electron chi connectivity index (χ3n) is 8.58. The number of halogens is 3. The molecule has 0 bridgehead atoms. The second-order valence-corrected chi connectivity index (χ2v) is 13.2. The van der Waals surface area contributed by atoms with E-state index in [1.165, 1.54) is 0 Å². The number of rotatable bonds is 10. The Hall–Kier alpha value is -3.88. The van der Waals surface area contributed by atoms with Crippen molar-refractivity contribution in [2.45, 2.75) is 57.3 Å². The van der Waals surface area contributed by atoms with Crippen LogP contribution in [0.25, 0.3) is 22.3 Å². The molecule has 1 amide bonds. The molecule has 0 saturated carbocycles. The minimum atomic E-state index is -4.57. The van der Waals surface area contributed by atoms with E-state index in [1.54, 1.807) is 24.3 Å². The predicted molar refractivity (Wildman–Crippen MR) is 178 cm³/mol. The molecule has 3 unspecified atom stereocenters. The predicted octanol–water partition coefficient (Wildman–Crippen LogP) is 7.77. The summed E-state index contributed by atoms with van der Waals surface area (Å²) in [5.74, 6) is -2.00. The fraction of sp³-hybridized carbons (Fsp3) is 0.297. The smallest absolute Gasteiger partial charge is 0.346 e. The van der Waals surface area contributed by atoms with E-state index in [0.29, 0.717) is 63.7 Å². The summed E-state index contributed by atoms with van der Waals surface area (Å²) in [5.41, 5.74) is 12.0. The summed E-state index contributed by atoms with van der Waals surface area (Å²) in [5, 5.41) is 2.67. The van der Waals surface area contributed by atoms with E-state index in [-0.39, 0.29) is 5.78 Å². The van der Waals surface area contributed by atoms with Crippen LogP contribution >= 0.6 is 8.38 Å². The average molecular weight is 661 g/mol. The summed E-state index contributed by atoms with van der Waals surface area (Å²) in [6, 6.07) is 26.0. The van der Waals surface area contributed by atoms with Crippen LogP contribution in [0.2, 0.25) is 0 Å². The Balaban J connectivity index is 1.61. The fourth-order valence-corrected chi connectivity index (χ4v) is 8.20. The Bertz CT molecular complexity index is 1780. The number of hydrogen-bond donors (Lipinski definition) is 2. The van der Waals surface area contributed by atoms with Crippen molar-refractivity contribution >= 4 is 25.4 Å². The molecule has 1 fully saturated rings. The topological polar surface area (TPSA) is 90.7 Å². The number of amides is 1. The Morgan fingerprint density at radius 1 is 0.915 bits per heavy atom. The molecule has 10 heteroatoms. The van der Waals surface area contributed by atoms with Crippen LogP contribution in [0.4, 0.5) is 13.2 Å². The highest BCUT2D eigenvalue weighted by Crippen LogP contribution is 2.52. The summed E-state index contributed by atoms with van der Waals surface area (Å²) in [4.78, 5) is 28.6. The van der Waals surface area contributed by atoms with Gasteiger partial charge in [-0.2, -0.15) is 13.2 Å². The molecule has 1 aliphatic carbocycles. The molecule has 0 radical (unpaired) electrons. The van der Waals surface area contributed by atoms with Crippen molar-refractivity contribution in [2.24, 2.45) is 5.73 Å². The number of nitrogens with one attached hydrogen (secondary N) is 1. The van der Waals surface area contributed by atoms with Crippen LogP contribution in [0, 0.1) is 0 Å². The van der Waals surface area contributed by atoms with Crippen LogP contribution in [-0.4, -0.2) is 37.2 Å². The lowest BCUT2D eigenvalue weighted by Crippen LogP contribution is -2.37. The van der Waals surface area contributed by atoms with Crippen molar-refractivity contribution in [3.05, 3.63) is 113 Å². The molecular weight excluding hydrogens is 624 g/mol. The van der Waals surface area contributed by atoms with Gasteiger partial charge in [0.2, 0.25) is 14.3 Å². The first kappa shape index (κ1) is 33.0. The number of ketones is 1. The van der Waals surface area contributed by atoms with Crippen LogP contribution in [0.1, 0.15) is 71.1 Å². The van der Waals surface area contributed by atoms with E-state index < -0.39 is 39.1 Å². The molecule has 3 atom stereocenters. The third kappa shape index (κ3) is 6.90. The van der Waals surface area contributed by atoms with E-state index in [1.807, 2.05) is 60.7 Å². The van der Waals surface area contributed by atoms with Crippen LogP contribution in [0.5, 0.6) is 0 Å². The Kier molecular flexibility index (Phi) is 9.90. The monoisotopic (exact) mass is 660 g/mol. The number of hydrogen-bond acceptors (Lipinski definition) is 5. The maximum absolute atomic E-state index is 14.9. The van der Waals surface area contributed by atoms with Gasteiger partial charge in [0.05, 0.1) is 12.5 Å². The molecule has 47 heavy (non-hydrogen) atoms. The van der Waals surface area contributed by atoms with E-state index in [4.69, 9.17) is 14.8 Å². The van der Waals surface area contributed by atoms with E-state index in [0.717, 1.165) is 30.4 Å². The van der Waals surface area contributed by atoms with Gasteiger partial charge in [-0.25, -0.2) is 0 Å². The SMILES string of the molecule is CCCCCc1c2c(cc(C(=O)c3ccccc3-c3ccccc3)c1P1OCCC(N)O1)-c1ccccc1C2C(=O)NCC(F)(F)F. The zero-order valence-electron chi connectivity index (χ0n) is 26.0. The van der Waals surface area contributed by atoms with Crippen LogP contribution in [-0.2, 0) is 20.3 Å². The maximum atomic E-state index is 14.9.